The molecular formula is C18H29ClN2O2S. The highest BCUT2D eigenvalue weighted by Crippen LogP contribution is 2.25. The lowest BCUT2D eigenvalue weighted by Gasteiger charge is -2.29. The Bertz CT molecular complexity index is 544. The van der Waals surface area contributed by atoms with E-state index in [4.69, 9.17) is 0 Å². The molecule has 0 saturated carbocycles. The molecule has 1 heterocycles. The van der Waals surface area contributed by atoms with Gasteiger partial charge in [-0.25, -0.2) is 0 Å². The fraction of sp³-hybridized carbons (Fsp3) is 0.611. The fourth-order valence-corrected chi connectivity index (χ4v) is 3.68. The first-order valence-electron chi connectivity index (χ1n) is 8.34. The van der Waals surface area contributed by atoms with Crippen LogP contribution in [0.5, 0.6) is 0 Å². The Morgan fingerprint density at radius 2 is 1.88 bits per heavy atom. The summed E-state index contributed by atoms with van der Waals surface area (Å²) in [5.41, 5.74) is 1.07. The predicted molar refractivity (Wildman–Crippen MR) is 102 cm³/mol. The Hall–Kier alpha value is -0.910. The Morgan fingerprint density at radius 1 is 1.29 bits per heavy atom. The topological polar surface area (TPSA) is 49.4 Å². The van der Waals surface area contributed by atoms with Crippen LogP contribution in [0.2, 0.25) is 0 Å². The SMILES string of the molecule is CC(CC(=O)N(C)Cc1ccc(S(C)=O)cc1)C1CCNCC1.Cl. The average Bonchev–Trinajstić information content (AvgIpc) is 2.56. The number of halogens is 1. The van der Waals surface area contributed by atoms with Gasteiger partial charge in [0, 0.05) is 42.0 Å². The largest absolute Gasteiger partial charge is 0.341 e. The molecule has 2 atom stereocenters. The number of piperidine rings is 1. The maximum Gasteiger partial charge on any atom is 0.222 e. The third-order valence-electron chi connectivity index (χ3n) is 4.79. The van der Waals surface area contributed by atoms with Gasteiger partial charge in [-0.1, -0.05) is 19.1 Å². The van der Waals surface area contributed by atoms with Crippen molar-refractivity contribution in [2.75, 3.05) is 26.4 Å². The molecule has 0 aromatic heterocycles. The van der Waals surface area contributed by atoms with Crippen LogP contribution < -0.4 is 5.32 Å². The van der Waals surface area contributed by atoms with E-state index < -0.39 is 10.8 Å². The lowest BCUT2D eigenvalue weighted by Crippen LogP contribution is -2.34. The lowest BCUT2D eigenvalue weighted by molar-refractivity contribution is -0.131. The highest BCUT2D eigenvalue weighted by Gasteiger charge is 2.23. The van der Waals surface area contributed by atoms with Crippen LogP contribution >= 0.6 is 12.4 Å². The molecule has 1 N–H and O–H groups in total. The smallest absolute Gasteiger partial charge is 0.222 e. The molecule has 2 unspecified atom stereocenters. The molecule has 6 heteroatoms. The van der Waals surface area contributed by atoms with Crippen molar-refractivity contribution >= 4 is 29.1 Å². The number of benzene rings is 1. The van der Waals surface area contributed by atoms with E-state index in [9.17, 15) is 9.00 Å². The zero-order chi connectivity index (χ0) is 16.8. The van der Waals surface area contributed by atoms with E-state index in [0.717, 1.165) is 23.5 Å². The number of hydrogen-bond acceptors (Lipinski definition) is 3. The van der Waals surface area contributed by atoms with Crippen molar-refractivity contribution in [3.05, 3.63) is 29.8 Å². The second kappa shape index (κ2) is 10.2. The zero-order valence-corrected chi connectivity index (χ0v) is 16.4. The summed E-state index contributed by atoms with van der Waals surface area (Å²) in [5, 5.41) is 3.37. The van der Waals surface area contributed by atoms with E-state index in [1.807, 2.05) is 31.3 Å². The number of rotatable bonds is 6. The van der Waals surface area contributed by atoms with Crippen LogP contribution in [0, 0.1) is 11.8 Å². The van der Waals surface area contributed by atoms with Crippen molar-refractivity contribution in [2.24, 2.45) is 11.8 Å². The molecule has 4 nitrogen and oxygen atoms in total. The first kappa shape index (κ1) is 21.1. The summed E-state index contributed by atoms with van der Waals surface area (Å²) in [6.07, 6.45) is 4.65. The molecule has 1 aliphatic heterocycles. The number of carbonyl (C=O) groups is 1. The minimum Gasteiger partial charge on any atom is -0.341 e. The summed E-state index contributed by atoms with van der Waals surface area (Å²) in [6, 6.07) is 7.66. The molecule has 2 rings (SSSR count). The van der Waals surface area contributed by atoms with Gasteiger partial charge >= 0.3 is 0 Å². The van der Waals surface area contributed by atoms with Crippen LogP contribution in [0.25, 0.3) is 0 Å². The van der Waals surface area contributed by atoms with Crippen molar-refractivity contribution in [3.63, 3.8) is 0 Å². The average molecular weight is 373 g/mol. The second-order valence-corrected chi connectivity index (χ2v) is 8.00. The molecule has 0 bridgehead atoms. The van der Waals surface area contributed by atoms with Crippen molar-refractivity contribution in [1.82, 2.24) is 10.2 Å². The predicted octanol–water partition coefficient (Wildman–Crippen LogP) is 2.83. The maximum atomic E-state index is 12.4. The first-order valence-corrected chi connectivity index (χ1v) is 9.90. The molecule has 0 spiro atoms. The van der Waals surface area contributed by atoms with Gasteiger partial charge in [-0.15, -0.1) is 12.4 Å². The maximum absolute atomic E-state index is 12.4. The van der Waals surface area contributed by atoms with Crippen LogP contribution in [-0.2, 0) is 22.1 Å². The lowest BCUT2D eigenvalue weighted by atomic mass is 9.84. The Labute approximate surface area is 154 Å². The van der Waals surface area contributed by atoms with Crippen LogP contribution in [-0.4, -0.2) is 41.4 Å². The Morgan fingerprint density at radius 3 is 2.42 bits per heavy atom. The van der Waals surface area contributed by atoms with Gasteiger partial charge in [-0.05, 0) is 55.5 Å². The number of amides is 1. The standard InChI is InChI=1S/C18H28N2O2S.ClH/c1-14(16-8-10-19-11-9-16)12-18(21)20(2)13-15-4-6-17(7-5-15)23(3)22;/h4-7,14,16,19H,8-13H2,1-3H3;1H. The Balaban J connectivity index is 0.00000288. The molecule has 1 saturated heterocycles. The third-order valence-corrected chi connectivity index (χ3v) is 5.72. The van der Waals surface area contributed by atoms with E-state index in [1.54, 1.807) is 11.2 Å². The quantitative estimate of drug-likeness (QED) is 0.835. The van der Waals surface area contributed by atoms with Crippen LogP contribution in [0.1, 0.15) is 31.7 Å². The molecule has 0 radical (unpaired) electrons. The van der Waals surface area contributed by atoms with Crippen LogP contribution in [0.4, 0.5) is 0 Å². The summed E-state index contributed by atoms with van der Waals surface area (Å²) in [7, 11) is 0.909. The summed E-state index contributed by atoms with van der Waals surface area (Å²) in [6.45, 7) is 4.95. The minimum absolute atomic E-state index is 0. The number of carbonyl (C=O) groups excluding carboxylic acids is 1. The fourth-order valence-electron chi connectivity index (χ4n) is 3.16. The van der Waals surface area contributed by atoms with Gasteiger partial charge in [0.2, 0.25) is 5.91 Å². The van der Waals surface area contributed by atoms with E-state index in [0.29, 0.717) is 24.8 Å². The summed E-state index contributed by atoms with van der Waals surface area (Å²) < 4.78 is 11.4. The summed E-state index contributed by atoms with van der Waals surface area (Å²) in [4.78, 5) is 15.1. The molecule has 1 amide bonds. The number of nitrogens with zero attached hydrogens (tertiary/aromatic N) is 1. The molecular weight excluding hydrogens is 344 g/mol. The normalized spacial score (nSPS) is 17.6. The van der Waals surface area contributed by atoms with Crippen molar-refractivity contribution in [2.45, 2.75) is 37.6 Å². The van der Waals surface area contributed by atoms with Gasteiger partial charge in [0.25, 0.3) is 0 Å². The molecule has 24 heavy (non-hydrogen) atoms. The highest BCUT2D eigenvalue weighted by molar-refractivity contribution is 7.84. The van der Waals surface area contributed by atoms with Crippen molar-refractivity contribution < 1.29 is 9.00 Å². The van der Waals surface area contributed by atoms with E-state index >= 15 is 0 Å². The zero-order valence-electron chi connectivity index (χ0n) is 14.8. The first-order chi connectivity index (χ1) is 11.0. The molecule has 1 fully saturated rings. The van der Waals surface area contributed by atoms with E-state index in [-0.39, 0.29) is 18.3 Å². The molecule has 0 aliphatic carbocycles. The summed E-state index contributed by atoms with van der Waals surface area (Å²) in [5.74, 6) is 1.31. The van der Waals surface area contributed by atoms with Crippen molar-refractivity contribution in [3.8, 4) is 0 Å². The van der Waals surface area contributed by atoms with Gasteiger partial charge in [0.05, 0.1) is 0 Å². The molecule has 1 aromatic rings. The second-order valence-electron chi connectivity index (χ2n) is 6.62. The monoisotopic (exact) mass is 372 g/mol. The Kier molecular flexibility index (Phi) is 8.95. The molecule has 1 aromatic carbocycles. The van der Waals surface area contributed by atoms with Gasteiger partial charge in [0.1, 0.15) is 0 Å². The number of nitrogens with one attached hydrogen (secondary N) is 1. The van der Waals surface area contributed by atoms with Crippen molar-refractivity contribution in [1.29, 1.82) is 0 Å². The van der Waals surface area contributed by atoms with E-state index in [2.05, 4.69) is 12.2 Å². The van der Waals surface area contributed by atoms with Crippen LogP contribution in [0.15, 0.2) is 29.2 Å². The summed E-state index contributed by atoms with van der Waals surface area (Å²) >= 11 is 0. The van der Waals surface area contributed by atoms with Gasteiger partial charge in [-0.2, -0.15) is 0 Å². The van der Waals surface area contributed by atoms with Gasteiger partial charge < -0.3 is 10.2 Å². The number of hydrogen-bond donors (Lipinski definition) is 1. The van der Waals surface area contributed by atoms with Gasteiger partial charge in [0.15, 0.2) is 0 Å². The van der Waals surface area contributed by atoms with Crippen LogP contribution in [0.3, 0.4) is 0 Å². The highest BCUT2D eigenvalue weighted by atomic mass is 35.5. The van der Waals surface area contributed by atoms with Gasteiger partial charge in [-0.3, -0.25) is 9.00 Å². The molecule has 136 valence electrons. The molecule has 1 aliphatic rings. The third kappa shape index (κ3) is 6.19. The minimum atomic E-state index is -0.955. The van der Waals surface area contributed by atoms with E-state index in [1.165, 1.54) is 12.8 Å².